The van der Waals surface area contributed by atoms with Crippen molar-refractivity contribution in [2.45, 2.75) is 12.6 Å². The first-order chi connectivity index (χ1) is 14.4. The summed E-state index contributed by atoms with van der Waals surface area (Å²) in [7, 11) is 1.37. The summed E-state index contributed by atoms with van der Waals surface area (Å²) in [5.74, 6) is -2.22. The van der Waals surface area contributed by atoms with Gasteiger partial charge in [0, 0.05) is 17.7 Å². The number of carbonyl (C=O) groups excluding carboxylic acids is 1. The monoisotopic (exact) mass is 411 g/mol. The van der Waals surface area contributed by atoms with E-state index in [0.717, 1.165) is 4.68 Å². The average Bonchev–Trinajstić information content (AvgIpc) is 2.74. The van der Waals surface area contributed by atoms with E-state index in [0.29, 0.717) is 11.1 Å². The van der Waals surface area contributed by atoms with Gasteiger partial charge in [-0.1, -0.05) is 30.3 Å². The summed E-state index contributed by atoms with van der Waals surface area (Å²) in [6.45, 7) is -0.493. The molecule has 0 fully saturated rings. The minimum Gasteiger partial charge on any atom is -0.496 e. The number of amides is 1. The topological polar surface area (TPSA) is 111 Å². The Morgan fingerprint density at radius 1 is 1.17 bits per heavy atom. The Labute approximate surface area is 170 Å². The molecule has 154 valence electrons. The second kappa shape index (κ2) is 8.99. The smallest absolute Gasteiger partial charge is 0.330 e. The first-order valence-electron chi connectivity index (χ1n) is 8.88. The third-order valence-corrected chi connectivity index (χ3v) is 4.28. The lowest BCUT2D eigenvalue weighted by Gasteiger charge is -2.15. The molecular formula is C21H18FN3O5. The Hall–Kier alpha value is -4.01. The maximum atomic E-state index is 13.4. The van der Waals surface area contributed by atoms with Gasteiger partial charge in [0.2, 0.25) is 5.91 Å². The number of nitrogens with one attached hydrogen (secondary N) is 1. The van der Waals surface area contributed by atoms with Crippen LogP contribution in [0, 0.1) is 5.82 Å². The van der Waals surface area contributed by atoms with E-state index in [9.17, 15) is 23.9 Å². The van der Waals surface area contributed by atoms with Gasteiger partial charge >= 0.3 is 5.97 Å². The second-order valence-electron chi connectivity index (χ2n) is 6.31. The van der Waals surface area contributed by atoms with Gasteiger partial charge in [0.1, 0.15) is 18.1 Å². The molecule has 3 rings (SSSR count). The summed E-state index contributed by atoms with van der Waals surface area (Å²) in [6.07, 6.45) is 0. The van der Waals surface area contributed by atoms with Crippen LogP contribution in [0.25, 0.3) is 11.3 Å². The SMILES string of the molecule is COc1cc(F)ccc1-c1ccc(=O)n(CC(=O)N[C@H](C(=O)O)c2ccccc2)n1. The number of aliphatic carboxylic acids is 1. The molecule has 2 aromatic carbocycles. The van der Waals surface area contributed by atoms with Crippen LogP contribution < -0.4 is 15.6 Å². The molecule has 0 aliphatic rings. The maximum Gasteiger partial charge on any atom is 0.330 e. The molecule has 0 radical (unpaired) electrons. The van der Waals surface area contributed by atoms with Crippen LogP contribution in [0.5, 0.6) is 5.75 Å². The number of ether oxygens (including phenoxy) is 1. The molecule has 0 spiro atoms. The van der Waals surface area contributed by atoms with E-state index in [1.165, 1.54) is 37.4 Å². The van der Waals surface area contributed by atoms with Gasteiger partial charge in [-0.3, -0.25) is 9.59 Å². The number of hydrogen-bond acceptors (Lipinski definition) is 5. The summed E-state index contributed by atoms with van der Waals surface area (Å²) in [5, 5.41) is 16.0. The van der Waals surface area contributed by atoms with E-state index >= 15 is 0 Å². The van der Waals surface area contributed by atoms with E-state index in [4.69, 9.17) is 4.74 Å². The van der Waals surface area contributed by atoms with Crippen LogP contribution in [0.15, 0.2) is 65.5 Å². The van der Waals surface area contributed by atoms with Crippen molar-refractivity contribution >= 4 is 11.9 Å². The highest BCUT2D eigenvalue weighted by molar-refractivity contribution is 5.84. The highest BCUT2D eigenvalue weighted by atomic mass is 19.1. The molecule has 30 heavy (non-hydrogen) atoms. The fourth-order valence-electron chi connectivity index (χ4n) is 2.86. The van der Waals surface area contributed by atoms with E-state index in [1.807, 2.05) is 0 Å². The highest BCUT2D eigenvalue weighted by Crippen LogP contribution is 2.28. The van der Waals surface area contributed by atoms with Crippen molar-refractivity contribution in [3.05, 3.63) is 82.4 Å². The minimum atomic E-state index is -1.27. The number of methoxy groups -OCH3 is 1. The fraction of sp³-hybridized carbons (Fsp3) is 0.143. The second-order valence-corrected chi connectivity index (χ2v) is 6.31. The predicted octanol–water partition coefficient (Wildman–Crippen LogP) is 2.00. The Bertz CT molecular complexity index is 1130. The van der Waals surface area contributed by atoms with Crippen molar-refractivity contribution in [3.63, 3.8) is 0 Å². The zero-order valence-corrected chi connectivity index (χ0v) is 15.9. The van der Waals surface area contributed by atoms with Crippen LogP contribution in [-0.4, -0.2) is 33.9 Å². The van der Waals surface area contributed by atoms with Crippen molar-refractivity contribution < 1.29 is 23.8 Å². The lowest BCUT2D eigenvalue weighted by atomic mass is 10.1. The molecule has 9 heteroatoms. The molecule has 0 bridgehead atoms. The molecule has 1 atom stereocenters. The Kier molecular flexibility index (Phi) is 6.21. The van der Waals surface area contributed by atoms with Gasteiger partial charge in [-0.25, -0.2) is 13.9 Å². The van der Waals surface area contributed by atoms with Gasteiger partial charge in [0.15, 0.2) is 6.04 Å². The van der Waals surface area contributed by atoms with Crippen LogP contribution in [0.3, 0.4) is 0 Å². The van der Waals surface area contributed by atoms with Gasteiger partial charge < -0.3 is 15.2 Å². The molecule has 8 nitrogen and oxygen atoms in total. The van der Waals surface area contributed by atoms with Crippen molar-refractivity contribution in [3.8, 4) is 17.0 Å². The number of carbonyl (C=O) groups is 2. The van der Waals surface area contributed by atoms with Crippen LogP contribution in [0.2, 0.25) is 0 Å². The first-order valence-corrected chi connectivity index (χ1v) is 8.88. The number of aromatic nitrogens is 2. The summed E-state index contributed by atoms with van der Waals surface area (Å²) in [5.41, 5.74) is 0.558. The van der Waals surface area contributed by atoms with Gasteiger partial charge in [-0.15, -0.1) is 0 Å². The molecule has 0 saturated carbocycles. The molecule has 0 unspecified atom stereocenters. The van der Waals surface area contributed by atoms with Gasteiger partial charge in [-0.05, 0) is 23.8 Å². The minimum absolute atomic E-state index is 0.215. The first kappa shape index (κ1) is 20.7. The number of rotatable bonds is 7. The average molecular weight is 411 g/mol. The lowest BCUT2D eigenvalue weighted by Crippen LogP contribution is -2.38. The van der Waals surface area contributed by atoms with Gasteiger partial charge in [-0.2, -0.15) is 5.10 Å². The highest BCUT2D eigenvalue weighted by Gasteiger charge is 2.22. The van der Waals surface area contributed by atoms with E-state index in [2.05, 4.69) is 10.4 Å². The van der Waals surface area contributed by atoms with Gasteiger partial charge in [0.25, 0.3) is 5.56 Å². The molecular weight excluding hydrogens is 393 g/mol. The third-order valence-electron chi connectivity index (χ3n) is 4.28. The standard InChI is InChI=1S/C21H18FN3O5/c1-30-17-11-14(22)7-8-15(17)16-9-10-19(27)25(24-16)12-18(26)23-20(21(28)29)13-5-3-2-4-6-13/h2-11,20H,12H2,1H3,(H,23,26)(H,28,29)/t20-/m0/s1. The molecule has 1 amide bonds. The Morgan fingerprint density at radius 2 is 1.90 bits per heavy atom. The van der Waals surface area contributed by atoms with Crippen LogP contribution in [0.4, 0.5) is 4.39 Å². The normalized spacial score (nSPS) is 11.5. The molecule has 0 saturated heterocycles. The molecule has 0 aliphatic carbocycles. The van der Waals surface area contributed by atoms with Crippen LogP contribution in [-0.2, 0) is 16.1 Å². The zero-order valence-electron chi connectivity index (χ0n) is 15.9. The summed E-state index contributed by atoms with van der Waals surface area (Å²) in [4.78, 5) is 36.1. The number of halogens is 1. The quantitative estimate of drug-likeness (QED) is 0.615. The van der Waals surface area contributed by atoms with E-state index < -0.39 is 35.8 Å². The maximum absolute atomic E-state index is 13.4. The fourth-order valence-corrected chi connectivity index (χ4v) is 2.86. The number of benzene rings is 2. The predicted molar refractivity (Wildman–Crippen MR) is 105 cm³/mol. The van der Waals surface area contributed by atoms with E-state index in [-0.39, 0.29) is 11.4 Å². The zero-order chi connectivity index (χ0) is 21.7. The summed E-state index contributed by atoms with van der Waals surface area (Å²) < 4.78 is 19.5. The van der Waals surface area contributed by atoms with Crippen LogP contribution >= 0.6 is 0 Å². The third kappa shape index (κ3) is 4.69. The number of carboxylic acid groups (broad SMARTS) is 1. The van der Waals surface area contributed by atoms with Gasteiger partial charge in [0.05, 0.1) is 12.8 Å². The van der Waals surface area contributed by atoms with E-state index in [1.54, 1.807) is 30.3 Å². The molecule has 1 heterocycles. The van der Waals surface area contributed by atoms with Crippen molar-refractivity contribution in [1.29, 1.82) is 0 Å². The number of carboxylic acids is 1. The molecule has 3 aromatic rings. The summed E-state index contributed by atoms with van der Waals surface area (Å²) >= 11 is 0. The lowest BCUT2D eigenvalue weighted by molar-refractivity contribution is -0.142. The Morgan fingerprint density at radius 3 is 2.57 bits per heavy atom. The Balaban J connectivity index is 1.85. The largest absolute Gasteiger partial charge is 0.496 e. The number of hydrogen-bond donors (Lipinski definition) is 2. The molecule has 1 aromatic heterocycles. The van der Waals surface area contributed by atoms with Crippen LogP contribution in [0.1, 0.15) is 11.6 Å². The van der Waals surface area contributed by atoms with Crippen molar-refractivity contribution in [1.82, 2.24) is 15.1 Å². The van der Waals surface area contributed by atoms with Crippen molar-refractivity contribution in [2.75, 3.05) is 7.11 Å². The molecule has 0 aliphatic heterocycles. The van der Waals surface area contributed by atoms with Crippen molar-refractivity contribution in [2.24, 2.45) is 0 Å². The summed E-state index contributed by atoms with van der Waals surface area (Å²) in [6, 6.07) is 13.4. The molecule has 2 N–H and O–H groups in total. The number of nitrogens with zero attached hydrogens (tertiary/aromatic N) is 2.